The summed E-state index contributed by atoms with van der Waals surface area (Å²) in [7, 11) is 0. The summed E-state index contributed by atoms with van der Waals surface area (Å²) in [5, 5.41) is 6.10. The van der Waals surface area contributed by atoms with Crippen molar-refractivity contribution in [3.05, 3.63) is 35.4 Å². The molecule has 1 aromatic rings. The van der Waals surface area contributed by atoms with Crippen LogP contribution in [0.3, 0.4) is 0 Å². The van der Waals surface area contributed by atoms with Crippen LogP contribution in [0.25, 0.3) is 0 Å². The monoisotopic (exact) mass is 334 g/mol. The van der Waals surface area contributed by atoms with Gasteiger partial charge in [-0.15, -0.1) is 0 Å². The summed E-state index contributed by atoms with van der Waals surface area (Å²) in [6, 6.07) is 5.12. The fraction of sp³-hybridized carbons (Fsp3) is 0.444. The lowest BCUT2D eigenvalue weighted by Crippen LogP contribution is -2.27. The lowest BCUT2D eigenvalue weighted by molar-refractivity contribution is -0.123. The average molecular weight is 335 g/mol. The van der Waals surface area contributed by atoms with Gasteiger partial charge in [0, 0.05) is 17.0 Å². The van der Waals surface area contributed by atoms with E-state index in [0.717, 1.165) is 19.3 Å². The SMILES string of the molecule is CC(C)(C)C(=O)Nc1ccc(NC(=O)C2CC=CCC2)cc1Cl. The minimum atomic E-state index is -0.495. The van der Waals surface area contributed by atoms with Crippen molar-refractivity contribution in [1.29, 1.82) is 0 Å². The third-order valence-corrected chi connectivity index (χ3v) is 4.12. The lowest BCUT2D eigenvalue weighted by Gasteiger charge is -2.19. The summed E-state index contributed by atoms with van der Waals surface area (Å²) >= 11 is 6.22. The van der Waals surface area contributed by atoms with Crippen LogP contribution >= 0.6 is 11.6 Å². The van der Waals surface area contributed by atoms with Crippen molar-refractivity contribution in [3.8, 4) is 0 Å². The fourth-order valence-corrected chi connectivity index (χ4v) is 2.51. The smallest absolute Gasteiger partial charge is 0.229 e. The van der Waals surface area contributed by atoms with Crippen molar-refractivity contribution >= 4 is 34.8 Å². The van der Waals surface area contributed by atoms with E-state index in [9.17, 15) is 9.59 Å². The van der Waals surface area contributed by atoms with Gasteiger partial charge in [0.25, 0.3) is 0 Å². The van der Waals surface area contributed by atoms with Gasteiger partial charge in [0.1, 0.15) is 0 Å². The molecule has 1 aromatic carbocycles. The van der Waals surface area contributed by atoms with Crippen molar-refractivity contribution in [2.24, 2.45) is 11.3 Å². The minimum absolute atomic E-state index is 0.0110. The van der Waals surface area contributed by atoms with Gasteiger partial charge in [-0.1, -0.05) is 44.5 Å². The Morgan fingerprint density at radius 2 is 1.91 bits per heavy atom. The van der Waals surface area contributed by atoms with Gasteiger partial charge >= 0.3 is 0 Å². The van der Waals surface area contributed by atoms with Gasteiger partial charge in [0.15, 0.2) is 0 Å². The highest BCUT2D eigenvalue weighted by Gasteiger charge is 2.22. The molecule has 5 heteroatoms. The first-order valence-corrected chi connectivity index (χ1v) is 8.22. The van der Waals surface area contributed by atoms with E-state index in [0.29, 0.717) is 16.4 Å². The predicted molar refractivity (Wildman–Crippen MR) is 94.6 cm³/mol. The number of carbonyl (C=O) groups excluding carboxylic acids is 2. The van der Waals surface area contributed by atoms with Crippen LogP contribution in [0, 0.1) is 11.3 Å². The number of hydrogen-bond donors (Lipinski definition) is 2. The fourth-order valence-electron chi connectivity index (χ4n) is 2.28. The Morgan fingerprint density at radius 3 is 2.48 bits per heavy atom. The second-order valence-electron chi connectivity index (χ2n) is 6.87. The van der Waals surface area contributed by atoms with Gasteiger partial charge < -0.3 is 10.6 Å². The number of allylic oxidation sites excluding steroid dienone is 2. The largest absolute Gasteiger partial charge is 0.326 e. The van der Waals surface area contributed by atoms with Crippen LogP contribution in [0.1, 0.15) is 40.0 Å². The maximum absolute atomic E-state index is 12.2. The Hall–Kier alpha value is -1.81. The van der Waals surface area contributed by atoms with Gasteiger partial charge in [-0.05, 0) is 37.5 Å². The van der Waals surface area contributed by atoms with Gasteiger partial charge in [-0.2, -0.15) is 0 Å². The van der Waals surface area contributed by atoms with Crippen molar-refractivity contribution in [2.45, 2.75) is 40.0 Å². The molecule has 1 unspecified atom stereocenters. The van der Waals surface area contributed by atoms with Crippen LogP contribution in [0.5, 0.6) is 0 Å². The summed E-state index contributed by atoms with van der Waals surface area (Å²) in [5.74, 6) is -0.0823. The molecule has 124 valence electrons. The Balaban J connectivity index is 2.03. The average Bonchev–Trinajstić information content (AvgIpc) is 2.49. The molecule has 1 atom stereocenters. The molecule has 0 radical (unpaired) electrons. The first-order valence-electron chi connectivity index (χ1n) is 7.84. The molecule has 4 nitrogen and oxygen atoms in total. The zero-order valence-electron chi connectivity index (χ0n) is 13.8. The molecule has 2 N–H and O–H groups in total. The molecule has 0 saturated heterocycles. The first-order chi connectivity index (χ1) is 10.8. The van der Waals surface area contributed by atoms with Crippen LogP contribution < -0.4 is 10.6 Å². The van der Waals surface area contributed by atoms with Crippen LogP contribution in [0.2, 0.25) is 5.02 Å². The van der Waals surface area contributed by atoms with Gasteiger partial charge in [0.2, 0.25) is 11.8 Å². The molecule has 0 heterocycles. The highest BCUT2D eigenvalue weighted by molar-refractivity contribution is 6.34. The predicted octanol–water partition coefficient (Wildman–Crippen LogP) is 4.62. The normalized spacial score (nSPS) is 17.7. The van der Waals surface area contributed by atoms with Crippen LogP contribution in [0.4, 0.5) is 11.4 Å². The lowest BCUT2D eigenvalue weighted by atomic mass is 9.93. The molecule has 1 aliphatic carbocycles. The third kappa shape index (κ3) is 4.83. The molecular weight excluding hydrogens is 312 g/mol. The Morgan fingerprint density at radius 1 is 1.17 bits per heavy atom. The molecule has 0 aliphatic heterocycles. The maximum Gasteiger partial charge on any atom is 0.229 e. The van der Waals surface area contributed by atoms with Crippen LogP contribution in [-0.2, 0) is 9.59 Å². The molecular formula is C18H23ClN2O2. The zero-order chi connectivity index (χ0) is 17.0. The number of anilines is 2. The van der Waals surface area contributed by atoms with Crippen molar-refractivity contribution in [2.75, 3.05) is 10.6 Å². The molecule has 1 aliphatic rings. The highest BCUT2D eigenvalue weighted by Crippen LogP contribution is 2.28. The highest BCUT2D eigenvalue weighted by atomic mass is 35.5. The Bertz CT molecular complexity index is 632. The number of carbonyl (C=O) groups is 2. The quantitative estimate of drug-likeness (QED) is 0.792. The molecule has 0 saturated carbocycles. The second kappa shape index (κ2) is 7.18. The Kier molecular flexibility index (Phi) is 5.47. The number of amides is 2. The van der Waals surface area contributed by atoms with E-state index in [1.807, 2.05) is 26.8 Å². The van der Waals surface area contributed by atoms with E-state index in [4.69, 9.17) is 11.6 Å². The first kappa shape index (κ1) is 17.5. The van der Waals surface area contributed by atoms with E-state index in [2.05, 4.69) is 16.7 Å². The topological polar surface area (TPSA) is 58.2 Å². The van der Waals surface area contributed by atoms with Crippen LogP contribution in [0.15, 0.2) is 30.4 Å². The second-order valence-corrected chi connectivity index (χ2v) is 7.28. The van der Waals surface area contributed by atoms with Gasteiger partial charge in [0.05, 0.1) is 10.7 Å². The molecule has 0 aromatic heterocycles. The van der Waals surface area contributed by atoms with Crippen molar-refractivity contribution in [3.63, 3.8) is 0 Å². The van der Waals surface area contributed by atoms with Crippen molar-refractivity contribution < 1.29 is 9.59 Å². The Labute approximate surface area is 142 Å². The summed E-state index contributed by atoms with van der Waals surface area (Å²) in [5.41, 5.74) is 0.693. The molecule has 0 spiro atoms. The standard InChI is InChI=1S/C18H23ClN2O2/c1-18(2,3)17(23)21-15-10-9-13(11-14(15)19)20-16(22)12-7-5-4-6-8-12/h4-5,9-12H,6-8H2,1-3H3,(H,20,22)(H,21,23). The van der Waals surface area contributed by atoms with Gasteiger partial charge in [-0.25, -0.2) is 0 Å². The van der Waals surface area contributed by atoms with Crippen molar-refractivity contribution in [1.82, 2.24) is 0 Å². The molecule has 0 bridgehead atoms. The maximum atomic E-state index is 12.2. The number of benzene rings is 1. The number of rotatable bonds is 3. The zero-order valence-corrected chi connectivity index (χ0v) is 14.5. The van der Waals surface area contributed by atoms with E-state index >= 15 is 0 Å². The number of halogens is 1. The van der Waals surface area contributed by atoms with Gasteiger partial charge in [-0.3, -0.25) is 9.59 Å². The number of nitrogens with one attached hydrogen (secondary N) is 2. The minimum Gasteiger partial charge on any atom is -0.326 e. The summed E-state index contributed by atoms with van der Waals surface area (Å²) in [6.07, 6.45) is 6.74. The van der Waals surface area contributed by atoms with E-state index in [1.54, 1.807) is 18.2 Å². The van der Waals surface area contributed by atoms with E-state index in [1.165, 1.54) is 0 Å². The summed E-state index contributed by atoms with van der Waals surface area (Å²) in [4.78, 5) is 24.2. The number of hydrogen-bond acceptors (Lipinski definition) is 2. The molecule has 0 fully saturated rings. The summed E-state index contributed by atoms with van der Waals surface area (Å²) in [6.45, 7) is 5.51. The van der Waals surface area contributed by atoms with E-state index < -0.39 is 5.41 Å². The third-order valence-electron chi connectivity index (χ3n) is 3.81. The summed E-state index contributed by atoms with van der Waals surface area (Å²) < 4.78 is 0. The molecule has 2 rings (SSSR count). The molecule has 2 amide bonds. The molecule has 23 heavy (non-hydrogen) atoms. The van der Waals surface area contributed by atoms with Crippen LogP contribution in [-0.4, -0.2) is 11.8 Å². The van der Waals surface area contributed by atoms with E-state index in [-0.39, 0.29) is 17.7 Å².